The number of halogens is 2. The van der Waals surface area contributed by atoms with Gasteiger partial charge in [0.1, 0.15) is 5.82 Å². The number of nitrogens with zero attached hydrogens (tertiary/aromatic N) is 3. The molecule has 1 aromatic heterocycles. The number of likely N-dealkylation sites (N-methyl/N-ethyl adjacent to an activating group) is 1. The fraction of sp³-hybridized carbons (Fsp3) is 0.400. The molecule has 0 saturated heterocycles. The molecule has 1 heterocycles. The maximum atomic E-state index is 13.7. The molecular formula is C20H29FIN5. The molecule has 2 aromatic rings. The Morgan fingerprint density at radius 3 is 2.67 bits per heavy atom. The zero-order valence-corrected chi connectivity index (χ0v) is 18.5. The Morgan fingerprint density at radius 1 is 1.19 bits per heavy atom. The van der Waals surface area contributed by atoms with E-state index in [0.717, 1.165) is 26.2 Å². The molecule has 7 heteroatoms. The number of aromatic nitrogens is 1. The molecule has 2 N–H and O–H groups in total. The zero-order valence-electron chi connectivity index (χ0n) is 16.2. The van der Waals surface area contributed by atoms with Crippen LogP contribution in [0.4, 0.5) is 10.1 Å². The lowest BCUT2D eigenvalue weighted by Crippen LogP contribution is -2.41. The monoisotopic (exact) mass is 485 g/mol. The number of hydrogen-bond donors (Lipinski definition) is 2. The number of nitrogens with one attached hydrogen (secondary N) is 2. The van der Waals surface area contributed by atoms with Crippen LogP contribution in [0.15, 0.2) is 47.6 Å². The van der Waals surface area contributed by atoms with Crippen molar-refractivity contribution in [1.29, 1.82) is 0 Å². The van der Waals surface area contributed by atoms with E-state index in [4.69, 9.17) is 0 Å². The van der Waals surface area contributed by atoms with Crippen molar-refractivity contribution >= 4 is 35.6 Å². The second-order valence-electron chi connectivity index (χ2n) is 5.97. The summed E-state index contributed by atoms with van der Waals surface area (Å²) in [5.74, 6) is 0.335. The third kappa shape index (κ3) is 7.70. The molecule has 2 rings (SSSR count). The molecule has 0 aliphatic heterocycles. The number of aryl methyl sites for hydroxylation is 1. The lowest BCUT2D eigenvalue weighted by atomic mass is 10.2. The van der Waals surface area contributed by atoms with Gasteiger partial charge in [0, 0.05) is 38.1 Å². The number of aliphatic imine (C=N–C) groups is 1. The largest absolute Gasteiger partial charge is 0.370 e. The van der Waals surface area contributed by atoms with E-state index in [0.29, 0.717) is 11.7 Å². The molecular weight excluding hydrogens is 456 g/mol. The molecule has 0 fully saturated rings. The molecule has 0 radical (unpaired) electrons. The van der Waals surface area contributed by atoms with Crippen molar-refractivity contribution in [2.24, 2.45) is 4.99 Å². The average Bonchev–Trinajstić information content (AvgIpc) is 2.64. The number of benzene rings is 1. The lowest BCUT2D eigenvalue weighted by molar-refractivity contribution is 0.599. The van der Waals surface area contributed by atoms with Crippen LogP contribution < -0.4 is 15.5 Å². The molecule has 0 spiro atoms. The number of hydrogen-bond acceptors (Lipinski definition) is 3. The minimum atomic E-state index is -0.330. The summed E-state index contributed by atoms with van der Waals surface area (Å²) in [6.45, 7) is 9.71. The summed E-state index contributed by atoms with van der Waals surface area (Å²) in [4.78, 5) is 10.8. The van der Waals surface area contributed by atoms with Gasteiger partial charge in [0.2, 0.25) is 0 Å². The fourth-order valence-electron chi connectivity index (χ4n) is 2.63. The quantitative estimate of drug-likeness (QED) is 0.340. The van der Waals surface area contributed by atoms with Crippen molar-refractivity contribution in [3.63, 3.8) is 0 Å². The van der Waals surface area contributed by atoms with Crippen LogP contribution in [0.3, 0.4) is 0 Å². The summed E-state index contributed by atoms with van der Waals surface area (Å²) in [5, 5.41) is 6.49. The first kappa shape index (κ1) is 23.1. The summed E-state index contributed by atoms with van der Waals surface area (Å²) in [6, 6.07) is 11.5. The van der Waals surface area contributed by atoms with Gasteiger partial charge in [0.05, 0.1) is 12.2 Å². The van der Waals surface area contributed by atoms with Gasteiger partial charge in [0.15, 0.2) is 5.96 Å². The molecule has 148 valence electrons. The van der Waals surface area contributed by atoms with Crippen molar-refractivity contribution in [1.82, 2.24) is 15.6 Å². The van der Waals surface area contributed by atoms with Gasteiger partial charge >= 0.3 is 0 Å². The van der Waals surface area contributed by atoms with Gasteiger partial charge in [-0.2, -0.15) is 0 Å². The van der Waals surface area contributed by atoms with E-state index in [1.165, 1.54) is 17.3 Å². The Hall–Kier alpha value is -1.90. The maximum absolute atomic E-state index is 13.7. The van der Waals surface area contributed by atoms with Crippen LogP contribution in [0.1, 0.15) is 25.1 Å². The summed E-state index contributed by atoms with van der Waals surface area (Å²) in [5.41, 5.74) is 2.81. The highest BCUT2D eigenvalue weighted by Crippen LogP contribution is 2.14. The minimum Gasteiger partial charge on any atom is -0.370 e. The highest BCUT2D eigenvalue weighted by Gasteiger charge is 2.06. The number of anilines is 1. The predicted octanol–water partition coefficient (Wildman–Crippen LogP) is 3.73. The highest BCUT2D eigenvalue weighted by atomic mass is 127. The fourth-order valence-corrected chi connectivity index (χ4v) is 2.63. The summed E-state index contributed by atoms with van der Waals surface area (Å²) < 4.78 is 13.7. The Kier molecular flexibility index (Phi) is 10.7. The van der Waals surface area contributed by atoms with E-state index >= 15 is 0 Å². The van der Waals surface area contributed by atoms with Crippen LogP contribution in [0.2, 0.25) is 0 Å². The van der Waals surface area contributed by atoms with Gasteiger partial charge in [-0.05, 0) is 50.6 Å². The molecule has 0 amide bonds. The van der Waals surface area contributed by atoms with Crippen LogP contribution >= 0.6 is 24.0 Å². The predicted molar refractivity (Wildman–Crippen MR) is 121 cm³/mol. The van der Waals surface area contributed by atoms with E-state index in [1.54, 1.807) is 12.3 Å². The summed E-state index contributed by atoms with van der Waals surface area (Å²) in [7, 11) is 0. The Labute approximate surface area is 178 Å². The number of guanidine groups is 1. The molecule has 27 heavy (non-hydrogen) atoms. The molecule has 0 bridgehead atoms. The lowest BCUT2D eigenvalue weighted by Gasteiger charge is -2.24. The normalized spacial score (nSPS) is 10.9. The van der Waals surface area contributed by atoms with Crippen molar-refractivity contribution < 1.29 is 4.39 Å². The van der Waals surface area contributed by atoms with E-state index < -0.39 is 0 Å². The van der Waals surface area contributed by atoms with Crippen LogP contribution in [-0.2, 0) is 6.54 Å². The third-order valence-corrected chi connectivity index (χ3v) is 3.99. The molecule has 0 unspecified atom stereocenters. The molecule has 5 nitrogen and oxygen atoms in total. The minimum absolute atomic E-state index is 0. The van der Waals surface area contributed by atoms with Crippen molar-refractivity contribution in [2.45, 2.75) is 27.3 Å². The number of rotatable bonds is 8. The van der Waals surface area contributed by atoms with Crippen molar-refractivity contribution in [3.8, 4) is 0 Å². The molecule has 0 aliphatic rings. The summed E-state index contributed by atoms with van der Waals surface area (Å²) >= 11 is 0. The van der Waals surface area contributed by atoms with Crippen LogP contribution in [0.25, 0.3) is 0 Å². The SMILES string of the molecule is CCNC(=NCc1ncccc1F)NCCN(CC)c1cccc(C)c1.I. The third-order valence-electron chi connectivity index (χ3n) is 3.99. The first-order valence-corrected chi connectivity index (χ1v) is 9.07. The number of pyridine rings is 1. The molecule has 0 atom stereocenters. The van der Waals surface area contributed by atoms with E-state index in [1.807, 2.05) is 6.92 Å². The zero-order chi connectivity index (χ0) is 18.8. The maximum Gasteiger partial charge on any atom is 0.191 e. The first-order chi connectivity index (χ1) is 12.6. The molecule has 0 saturated carbocycles. The Balaban J connectivity index is 0.00000364. The van der Waals surface area contributed by atoms with Gasteiger partial charge in [-0.3, -0.25) is 4.98 Å². The first-order valence-electron chi connectivity index (χ1n) is 9.07. The van der Waals surface area contributed by atoms with Gasteiger partial charge in [-0.25, -0.2) is 9.38 Å². The van der Waals surface area contributed by atoms with Crippen LogP contribution in [0.5, 0.6) is 0 Å². The van der Waals surface area contributed by atoms with Crippen LogP contribution in [-0.4, -0.2) is 37.1 Å². The highest BCUT2D eigenvalue weighted by molar-refractivity contribution is 14.0. The van der Waals surface area contributed by atoms with Crippen molar-refractivity contribution in [2.75, 3.05) is 31.1 Å². The molecule has 0 aliphatic carbocycles. The van der Waals surface area contributed by atoms with E-state index in [9.17, 15) is 4.39 Å². The smallest absolute Gasteiger partial charge is 0.191 e. The molecule has 1 aromatic carbocycles. The van der Waals surface area contributed by atoms with Gasteiger partial charge in [0.25, 0.3) is 0 Å². The van der Waals surface area contributed by atoms with Gasteiger partial charge < -0.3 is 15.5 Å². The second kappa shape index (κ2) is 12.5. The Bertz CT molecular complexity index is 723. The van der Waals surface area contributed by atoms with Crippen molar-refractivity contribution in [3.05, 3.63) is 59.7 Å². The standard InChI is InChI=1S/C20H28FN5.HI/c1-4-22-20(25-15-19-18(21)10-7-11-23-19)24-12-13-26(5-2)17-9-6-8-16(3)14-17;/h6-11,14H,4-5,12-13,15H2,1-3H3,(H2,22,24,25);1H. The van der Waals surface area contributed by atoms with E-state index in [2.05, 4.69) is 63.6 Å². The van der Waals surface area contributed by atoms with E-state index in [-0.39, 0.29) is 36.3 Å². The van der Waals surface area contributed by atoms with Crippen LogP contribution in [0, 0.1) is 12.7 Å². The second-order valence-corrected chi connectivity index (χ2v) is 5.97. The Morgan fingerprint density at radius 2 is 2.00 bits per heavy atom. The average molecular weight is 485 g/mol. The van der Waals surface area contributed by atoms with Gasteiger partial charge in [-0.1, -0.05) is 12.1 Å². The van der Waals surface area contributed by atoms with Gasteiger partial charge in [-0.15, -0.1) is 24.0 Å². The topological polar surface area (TPSA) is 52.6 Å². The summed E-state index contributed by atoms with van der Waals surface area (Å²) in [6.07, 6.45) is 1.58.